The molecule has 0 spiro atoms. The first-order chi connectivity index (χ1) is 29.9. The van der Waals surface area contributed by atoms with Gasteiger partial charge in [0.25, 0.3) is 0 Å². The Balaban J connectivity index is 1.23. The summed E-state index contributed by atoms with van der Waals surface area (Å²) in [5.74, 6) is -1.59. The van der Waals surface area contributed by atoms with E-state index in [4.69, 9.17) is 14.7 Å². The number of aromatic amines is 2. The van der Waals surface area contributed by atoms with Gasteiger partial charge in [-0.05, 0) is 112 Å². The standard InChI is InChI=1S/C54H74N4O5/c1-13-41-35(8)38(11)55-47(41)30-45-37(10)42(14-2)46(58-45)29-40-28-44-52(57-40)49(50(53(44)60)54(61)62)51-43(36(9)39(12)56-51)24-25-48(59)63-27-26-34(7)23-17-22-33(6)21-16-20-32(5)19-15-18-31(3)4/h13,26,28-33,36,43,50,55,57H,1,12,14-25,27H2,2-11H3,(H,61,62)/b34-26-,40-29-,45-30-. The number of allylic oxidation sites excluding steroid dienone is 4. The molecule has 2 aromatic heterocycles. The fraction of sp³-hybridized carbons (Fsp3) is 0.537. The third-order valence-corrected chi connectivity index (χ3v) is 13.8. The van der Waals surface area contributed by atoms with Crippen LogP contribution in [0.5, 0.6) is 0 Å². The van der Waals surface area contributed by atoms with Gasteiger partial charge in [-0.3, -0.25) is 19.4 Å². The molecule has 0 amide bonds. The number of aliphatic carboxylic acids is 1. The Morgan fingerprint density at radius 2 is 1.62 bits per heavy atom. The van der Waals surface area contributed by atoms with Crippen molar-refractivity contribution >= 4 is 52.9 Å². The molecule has 0 aromatic carbocycles. The molecule has 5 atom stereocenters. The molecule has 2 aromatic rings. The normalized spacial score (nSPS) is 20.9. The fourth-order valence-corrected chi connectivity index (χ4v) is 9.55. The van der Waals surface area contributed by atoms with E-state index in [0.29, 0.717) is 45.6 Å². The molecule has 3 N–H and O–H groups in total. The summed E-state index contributed by atoms with van der Waals surface area (Å²) in [7, 11) is 0. The maximum Gasteiger partial charge on any atom is 0.319 e. The number of hydrogen-bond acceptors (Lipinski definition) is 6. The van der Waals surface area contributed by atoms with Crippen LogP contribution in [-0.2, 0) is 14.3 Å². The van der Waals surface area contributed by atoms with Gasteiger partial charge >= 0.3 is 11.9 Å². The second kappa shape index (κ2) is 22.0. The Labute approximate surface area is 376 Å². The van der Waals surface area contributed by atoms with Gasteiger partial charge in [-0.2, -0.15) is 0 Å². The molecule has 0 fully saturated rings. The first-order valence-electron chi connectivity index (χ1n) is 23.6. The highest BCUT2D eigenvalue weighted by Gasteiger charge is 2.45. The SMILES string of the molecule is C=Cc1c(/C=C2N=C(/C=c3/cc4c([nH]3)=C(C3=NC(=C)C(C)C3CCC(=O)OC/C=C(/C)CCCC(C)CCCC(C)CCCC(C)C)C(C(=O)O)C4=O)C(CC)=C\2C)[nH]c(C)c1C. The van der Waals surface area contributed by atoms with Crippen LogP contribution in [0.4, 0.5) is 0 Å². The Morgan fingerprint density at radius 3 is 2.25 bits per heavy atom. The molecule has 0 bridgehead atoms. The van der Waals surface area contributed by atoms with Gasteiger partial charge < -0.3 is 19.8 Å². The van der Waals surface area contributed by atoms with Crippen molar-refractivity contribution in [1.29, 1.82) is 0 Å². The summed E-state index contributed by atoms with van der Waals surface area (Å²) in [4.78, 5) is 56.3. The summed E-state index contributed by atoms with van der Waals surface area (Å²) in [5, 5.41) is 11.5. The number of H-pyrrole nitrogens is 2. The second-order valence-electron chi connectivity index (χ2n) is 19.1. The number of Topliss-reactive ketones (excluding diaryl/α,β-unsaturated/α-hetero) is 1. The monoisotopic (exact) mass is 859 g/mol. The number of rotatable bonds is 23. The minimum atomic E-state index is -1.41. The average molecular weight is 859 g/mol. The number of fused-ring (bicyclic) bond motifs is 1. The number of nitrogens with one attached hydrogen (secondary N) is 2. The molecule has 5 rings (SSSR count). The molecule has 9 nitrogen and oxygen atoms in total. The zero-order valence-corrected chi connectivity index (χ0v) is 39.9. The highest BCUT2D eigenvalue weighted by atomic mass is 16.5. The van der Waals surface area contributed by atoms with E-state index in [2.05, 4.69) is 78.5 Å². The van der Waals surface area contributed by atoms with E-state index in [9.17, 15) is 19.5 Å². The summed E-state index contributed by atoms with van der Waals surface area (Å²) in [6, 6.07) is 1.72. The lowest BCUT2D eigenvalue weighted by atomic mass is 9.81. The number of ketones is 1. The quantitative estimate of drug-likeness (QED) is 0.0580. The van der Waals surface area contributed by atoms with E-state index in [1.54, 1.807) is 6.07 Å². The van der Waals surface area contributed by atoms with Gasteiger partial charge in [0, 0.05) is 57.4 Å². The van der Waals surface area contributed by atoms with Crippen LogP contribution in [0.3, 0.4) is 0 Å². The van der Waals surface area contributed by atoms with Crippen molar-refractivity contribution in [2.45, 2.75) is 146 Å². The minimum Gasteiger partial charge on any atom is -0.480 e. The van der Waals surface area contributed by atoms with Crippen LogP contribution >= 0.6 is 0 Å². The van der Waals surface area contributed by atoms with Gasteiger partial charge in [0.05, 0.1) is 22.5 Å². The van der Waals surface area contributed by atoms with Gasteiger partial charge in [0.2, 0.25) is 0 Å². The van der Waals surface area contributed by atoms with E-state index in [1.165, 1.54) is 50.5 Å². The molecule has 63 heavy (non-hydrogen) atoms. The smallest absolute Gasteiger partial charge is 0.319 e. The number of carbonyl (C=O) groups is 3. The maximum atomic E-state index is 13.8. The van der Waals surface area contributed by atoms with Crippen molar-refractivity contribution in [1.82, 2.24) is 9.97 Å². The summed E-state index contributed by atoms with van der Waals surface area (Å²) < 4.78 is 5.65. The van der Waals surface area contributed by atoms with E-state index < -0.39 is 17.7 Å². The molecular weight excluding hydrogens is 785 g/mol. The fourth-order valence-electron chi connectivity index (χ4n) is 9.55. The number of aliphatic imine (C=N–C) groups is 2. The van der Waals surface area contributed by atoms with Crippen LogP contribution in [0.25, 0.3) is 23.8 Å². The molecule has 3 aliphatic rings. The van der Waals surface area contributed by atoms with E-state index in [0.717, 1.165) is 76.2 Å². The summed E-state index contributed by atoms with van der Waals surface area (Å²) in [6.45, 7) is 30.1. The molecule has 2 aliphatic heterocycles. The summed E-state index contributed by atoms with van der Waals surface area (Å²) >= 11 is 0. The van der Waals surface area contributed by atoms with Crippen molar-refractivity contribution in [3.05, 3.63) is 92.2 Å². The molecule has 5 unspecified atom stereocenters. The molecule has 1 aliphatic carbocycles. The van der Waals surface area contributed by atoms with Crippen LogP contribution in [0.1, 0.15) is 165 Å². The van der Waals surface area contributed by atoms with Crippen LogP contribution in [0.15, 0.2) is 63.4 Å². The third-order valence-electron chi connectivity index (χ3n) is 13.8. The molecule has 0 saturated carbocycles. The van der Waals surface area contributed by atoms with Crippen molar-refractivity contribution < 1.29 is 24.2 Å². The lowest BCUT2D eigenvalue weighted by Gasteiger charge is -2.20. The molecule has 9 heteroatoms. The summed E-state index contributed by atoms with van der Waals surface area (Å²) in [5.41, 5.74) is 11.0. The predicted molar refractivity (Wildman–Crippen MR) is 260 cm³/mol. The van der Waals surface area contributed by atoms with Gasteiger partial charge in [-0.1, -0.05) is 111 Å². The number of aromatic nitrogens is 2. The lowest BCUT2D eigenvalue weighted by Crippen LogP contribution is -2.30. The highest BCUT2D eigenvalue weighted by Crippen LogP contribution is 2.39. The second-order valence-corrected chi connectivity index (χ2v) is 19.1. The van der Waals surface area contributed by atoms with E-state index >= 15 is 0 Å². The minimum absolute atomic E-state index is 0.134. The van der Waals surface area contributed by atoms with Crippen molar-refractivity contribution in [2.24, 2.45) is 45.5 Å². The Bertz CT molecular complexity index is 2360. The molecule has 0 radical (unpaired) electrons. The van der Waals surface area contributed by atoms with Gasteiger partial charge in [-0.25, -0.2) is 4.99 Å². The number of ether oxygens (including phenoxy) is 1. The number of carbonyl (C=O) groups excluding carboxylic acids is 2. The third kappa shape index (κ3) is 12.0. The molecule has 4 heterocycles. The van der Waals surface area contributed by atoms with Crippen LogP contribution < -0.4 is 10.7 Å². The van der Waals surface area contributed by atoms with Gasteiger partial charge in [0.15, 0.2) is 5.78 Å². The van der Waals surface area contributed by atoms with E-state index in [-0.39, 0.29) is 30.8 Å². The number of hydrogen-bond donors (Lipinski definition) is 3. The van der Waals surface area contributed by atoms with E-state index in [1.807, 2.05) is 38.2 Å². The summed E-state index contributed by atoms with van der Waals surface area (Å²) in [6.07, 6.45) is 20.4. The number of nitrogens with zero attached hydrogens (tertiary/aromatic N) is 2. The number of carboxylic acids is 1. The maximum absolute atomic E-state index is 13.8. The largest absolute Gasteiger partial charge is 0.480 e. The molecular formula is C54H74N4O5. The zero-order valence-electron chi connectivity index (χ0n) is 39.9. The number of aryl methyl sites for hydroxylation is 1. The van der Waals surface area contributed by atoms with Crippen LogP contribution in [0.2, 0.25) is 0 Å². The predicted octanol–water partition coefficient (Wildman–Crippen LogP) is 11.6. The Kier molecular flexibility index (Phi) is 17.1. The molecule has 340 valence electrons. The number of carboxylic acid groups (broad SMARTS) is 1. The van der Waals surface area contributed by atoms with Gasteiger partial charge in [0.1, 0.15) is 12.5 Å². The average Bonchev–Trinajstić information content (AvgIpc) is 3.98. The zero-order chi connectivity index (χ0) is 46.1. The first kappa shape index (κ1) is 49.0. The van der Waals surface area contributed by atoms with Crippen LogP contribution in [-0.4, -0.2) is 50.8 Å². The Hall–Kier alpha value is -5.05. The topological polar surface area (TPSA) is 137 Å². The highest BCUT2D eigenvalue weighted by molar-refractivity contribution is 6.35. The Morgan fingerprint density at radius 1 is 0.952 bits per heavy atom. The lowest BCUT2D eigenvalue weighted by molar-refractivity contribution is -0.142. The van der Waals surface area contributed by atoms with Crippen LogP contribution in [0, 0.1) is 49.4 Å². The van der Waals surface area contributed by atoms with Gasteiger partial charge in [-0.15, -0.1) is 0 Å². The van der Waals surface area contributed by atoms with Crippen molar-refractivity contribution in [3.8, 4) is 0 Å². The van der Waals surface area contributed by atoms with Crippen molar-refractivity contribution in [2.75, 3.05) is 6.61 Å². The molecule has 0 saturated heterocycles. The first-order valence-corrected chi connectivity index (χ1v) is 23.6. The number of esters is 1. The van der Waals surface area contributed by atoms with Crippen molar-refractivity contribution in [3.63, 3.8) is 0 Å².